The van der Waals surface area contributed by atoms with Gasteiger partial charge in [-0.3, -0.25) is 4.79 Å². The fourth-order valence-electron chi connectivity index (χ4n) is 2.55. The van der Waals surface area contributed by atoms with Gasteiger partial charge >= 0.3 is 0 Å². The second-order valence-corrected chi connectivity index (χ2v) is 6.57. The first-order valence-corrected chi connectivity index (χ1v) is 9.25. The molecule has 0 bridgehead atoms. The van der Waals surface area contributed by atoms with Gasteiger partial charge in [-0.25, -0.2) is 0 Å². The number of benzene rings is 2. The van der Waals surface area contributed by atoms with Crippen molar-refractivity contribution in [2.24, 2.45) is 0 Å². The van der Waals surface area contributed by atoms with Crippen LogP contribution in [-0.2, 0) is 13.0 Å². The number of carbonyl (C=O) groups is 1. The predicted octanol–water partition coefficient (Wildman–Crippen LogP) is 3.72. The fraction of sp³-hybridized carbons (Fsp3) is 0.190. The van der Waals surface area contributed by atoms with Crippen molar-refractivity contribution in [3.63, 3.8) is 0 Å². The number of methoxy groups -OCH3 is 1. The average molecular weight is 397 g/mol. The minimum atomic E-state index is -0.268. The smallest absolute Gasteiger partial charge is 0.272 e. The molecule has 0 atom stereocenters. The molecule has 3 aromatic rings. The first-order valence-electron chi connectivity index (χ1n) is 8.87. The SMILES string of the molecule is COc1ccc(CNC(=O)c2ccc(NCCc3ccc(Cl)cc3)nn2)cc1. The zero-order chi connectivity index (χ0) is 19.8. The number of nitrogens with zero attached hydrogens (tertiary/aromatic N) is 2. The molecule has 6 nitrogen and oxygen atoms in total. The van der Waals surface area contributed by atoms with Gasteiger partial charge in [0, 0.05) is 18.1 Å². The summed E-state index contributed by atoms with van der Waals surface area (Å²) in [5, 5.41) is 14.8. The quantitative estimate of drug-likeness (QED) is 0.606. The van der Waals surface area contributed by atoms with Gasteiger partial charge in [0.15, 0.2) is 5.69 Å². The van der Waals surface area contributed by atoms with Crippen molar-refractivity contribution in [3.8, 4) is 5.75 Å². The van der Waals surface area contributed by atoms with E-state index in [2.05, 4.69) is 20.8 Å². The van der Waals surface area contributed by atoms with Gasteiger partial charge in [0.25, 0.3) is 5.91 Å². The molecule has 0 unspecified atom stereocenters. The van der Waals surface area contributed by atoms with Crippen LogP contribution in [-0.4, -0.2) is 29.8 Å². The monoisotopic (exact) mass is 396 g/mol. The Hall–Kier alpha value is -3.12. The number of nitrogens with one attached hydrogen (secondary N) is 2. The Morgan fingerprint density at radius 2 is 1.68 bits per heavy atom. The third kappa shape index (κ3) is 5.69. The van der Waals surface area contributed by atoms with E-state index in [4.69, 9.17) is 16.3 Å². The zero-order valence-corrected chi connectivity index (χ0v) is 16.2. The van der Waals surface area contributed by atoms with E-state index in [-0.39, 0.29) is 11.6 Å². The molecule has 3 rings (SSSR count). The van der Waals surface area contributed by atoms with Crippen LogP contribution in [0.2, 0.25) is 5.02 Å². The van der Waals surface area contributed by atoms with Crippen molar-refractivity contribution in [3.05, 3.63) is 82.5 Å². The van der Waals surface area contributed by atoms with Crippen molar-refractivity contribution in [2.75, 3.05) is 19.0 Å². The van der Waals surface area contributed by atoms with Crippen molar-refractivity contribution in [1.29, 1.82) is 0 Å². The number of hydrogen-bond acceptors (Lipinski definition) is 5. The highest BCUT2D eigenvalue weighted by Gasteiger charge is 2.08. The van der Waals surface area contributed by atoms with Crippen molar-refractivity contribution >= 4 is 23.3 Å². The highest BCUT2D eigenvalue weighted by atomic mass is 35.5. The molecule has 0 aliphatic rings. The van der Waals surface area contributed by atoms with Crippen molar-refractivity contribution in [2.45, 2.75) is 13.0 Å². The molecule has 144 valence electrons. The van der Waals surface area contributed by atoms with E-state index >= 15 is 0 Å². The predicted molar refractivity (Wildman–Crippen MR) is 110 cm³/mol. The van der Waals surface area contributed by atoms with Gasteiger partial charge in [0.2, 0.25) is 0 Å². The lowest BCUT2D eigenvalue weighted by atomic mass is 10.1. The summed E-state index contributed by atoms with van der Waals surface area (Å²) in [6.07, 6.45) is 0.836. The lowest BCUT2D eigenvalue weighted by molar-refractivity contribution is 0.0945. The molecule has 1 amide bonds. The molecule has 28 heavy (non-hydrogen) atoms. The highest BCUT2D eigenvalue weighted by molar-refractivity contribution is 6.30. The molecule has 2 aromatic carbocycles. The molecule has 0 saturated heterocycles. The third-order valence-corrected chi connectivity index (χ3v) is 4.39. The summed E-state index contributed by atoms with van der Waals surface area (Å²) < 4.78 is 5.12. The molecule has 0 radical (unpaired) electrons. The van der Waals surface area contributed by atoms with Gasteiger partial charge in [0.05, 0.1) is 7.11 Å². The molecule has 1 heterocycles. The second-order valence-electron chi connectivity index (χ2n) is 6.14. The minimum Gasteiger partial charge on any atom is -0.497 e. The number of anilines is 1. The average Bonchev–Trinajstić information content (AvgIpc) is 2.74. The largest absolute Gasteiger partial charge is 0.497 e. The molecule has 0 saturated carbocycles. The van der Waals surface area contributed by atoms with Gasteiger partial charge in [0.1, 0.15) is 11.6 Å². The first kappa shape index (κ1) is 19.6. The zero-order valence-electron chi connectivity index (χ0n) is 15.5. The van der Waals surface area contributed by atoms with Crippen LogP contribution < -0.4 is 15.4 Å². The number of carbonyl (C=O) groups excluding carboxylic acids is 1. The summed E-state index contributed by atoms with van der Waals surface area (Å²) >= 11 is 5.88. The lowest BCUT2D eigenvalue weighted by Crippen LogP contribution is -2.24. The van der Waals surface area contributed by atoms with E-state index in [1.807, 2.05) is 48.5 Å². The number of aromatic nitrogens is 2. The van der Waals surface area contributed by atoms with Crippen LogP contribution >= 0.6 is 11.6 Å². The molecular weight excluding hydrogens is 376 g/mol. The third-order valence-electron chi connectivity index (χ3n) is 4.14. The summed E-state index contributed by atoms with van der Waals surface area (Å²) in [6.45, 7) is 1.12. The number of hydrogen-bond donors (Lipinski definition) is 2. The molecule has 0 fully saturated rings. The van der Waals surface area contributed by atoms with Gasteiger partial charge in [-0.2, -0.15) is 0 Å². The molecule has 0 aliphatic carbocycles. The Labute approximate surface area is 168 Å². The Balaban J connectivity index is 1.46. The number of halogens is 1. The number of amides is 1. The highest BCUT2D eigenvalue weighted by Crippen LogP contribution is 2.12. The van der Waals surface area contributed by atoms with Gasteiger partial charge < -0.3 is 15.4 Å². The first-order chi connectivity index (χ1) is 13.6. The van der Waals surface area contributed by atoms with Gasteiger partial charge in [-0.15, -0.1) is 10.2 Å². The van der Waals surface area contributed by atoms with Crippen LogP contribution in [0.5, 0.6) is 5.75 Å². The summed E-state index contributed by atoms with van der Waals surface area (Å²) in [5.41, 5.74) is 2.43. The van der Waals surface area contributed by atoms with E-state index in [1.165, 1.54) is 5.56 Å². The lowest BCUT2D eigenvalue weighted by Gasteiger charge is -2.07. The second kappa shape index (κ2) is 9.71. The van der Waals surface area contributed by atoms with Crippen LogP contribution in [0.3, 0.4) is 0 Å². The fourth-order valence-corrected chi connectivity index (χ4v) is 2.68. The summed E-state index contributed by atoms with van der Waals surface area (Å²) in [6, 6.07) is 18.6. The van der Waals surface area contributed by atoms with E-state index < -0.39 is 0 Å². The van der Waals surface area contributed by atoms with Crippen LogP contribution in [0.1, 0.15) is 21.6 Å². The number of rotatable bonds is 8. The molecule has 0 spiro atoms. The van der Waals surface area contributed by atoms with Crippen LogP contribution in [0.4, 0.5) is 5.82 Å². The summed E-state index contributed by atoms with van der Waals surface area (Å²) in [4.78, 5) is 12.2. The maximum Gasteiger partial charge on any atom is 0.272 e. The Morgan fingerprint density at radius 3 is 2.32 bits per heavy atom. The van der Waals surface area contributed by atoms with E-state index in [0.29, 0.717) is 18.9 Å². The Kier molecular flexibility index (Phi) is 6.81. The summed E-state index contributed by atoms with van der Waals surface area (Å²) in [5.74, 6) is 1.14. The Bertz CT molecular complexity index is 897. The maximum atomic E-state index is 12.2. The van der Waals surface area contributed by atoms with E-state index in [1.54, 1.807) is 19.2 Å². The Morgan fingerprint density at radius 1 is 0.964 bits per heavy atom. The van der Waals surface area contributed by atoms with E-state index in [9.17, 15) is 4.79 Å². The van der Waals surface area contributed by atoms with Gasteiger partial charge in [-0.1, -0.05) is 35.9 Å². The van der Waals surface area contributed by atoms with Crippen LogP contribution in [0.15, 0.2) is 60.7 Å². The van der Waals surface area contributed by atoms with Crippen LogP contribution in [0, 0.1) is 0 Å². The molecular formula is C21H21ClN4O2. The molecule has 1 aromatic heterocycles. The normalized spacial score (nSPS) is 10.4. The van der Waals surface area contributed by atoms with Gasteiger partial charge in [-0.05, 0) is 53.9 Å². The summed E-state index contributed by atoms with van der Waals surface area (Å²) in [7, 11) is 1.62. The van der Waals surface area contributed by atoms with Crippen LogP contribution in [0.25, 0.3) is 0 Å². The molecule has 0 aliphatic heterocycles. The van der Waals surface area contributed by atoms with E-state index in [0.717, 1.165) is 22.8 Å². The standard InChI is InChI=1S/C21H21ClN4O2/c1-28-18-8-4-16(5-9-18)14-24-21(27)19-10-11-20(26-25-19)23-13-12-15-2-6-17(22)7-3-15/h2-11H,12-14H2,1H3,(H,23,26)(H,24,27). The minimum absolute atomic E-state index is 0.268. The molecule has 7 heteroatoms. The number of ether oxygens (including phenoxy) is 1. The van der Waals surface area contributed by atoms with Crippen molar-refractivity contribution in [1.82, 2.24) is 15.5 Å². The molecule has 2 N–H and O–H groups in total. The topological polar surface area (TPSA) is 76.1 Å². The van der Waals surface area contributed by atoms with Crippen molar-refractivity contribution < 1.29 is 9.53 Å². The maximum absolute atomic E-state index is 12.2.